The fraction of sp³-hybridized carbons (Fsp3) is 0.333. The maximum Gasteiger partial charge on any atom is 0.339 e. The van der Waals surface area contributed by atoms with Crippen LogP contribution in [0.1, 0.15) is 10.4 Å². The Morgan fingerprint density at radius 3 is 3.07 bits per heavy atom. The van der Waals surface area contributed by atoms with E-state index in [-0.39, 0.29) is 5.56 Å². The molecule has 1 rings (SSSR count). The van der Waals surface area contributed by atoms with Gasteiger partial charge in [-0.1, -0.05) is 0 Å². The van der Waals surface area contributed by atoms with Crippen LogP contribution in [0.25, 0.3) is 0 Å². The van der Waals surface area contributed by atoms with E-state index in [0.29, 0.717) is 23.4 Å². The number of rotatable bonds is 5. The summed E-state index contributed by atoms with van der Waals surface area (Å²) in [6.07, 6.45) is 1.54. The molecule has 1 heterocycles. The molecular formula is C9H11BrN2O3. The van der Waals surface area contributed by atoms with Crippen molar-refractivity contribution in [2.75, 3.05) is 25.6 Å². The van der Waals surface area contributed by atoms with Gasteiger partial charge in [0.05, 0.1) is 6.61 Å². The molecule has 5 nitrogen and oxygen atoms in total. The van der Waals surface area contributed by atoms with Crippen molar-refractivity contribution in [2.45, 2.75) is 0 Å². The van der Waals surface area contributed by atoms with Crippen LogP contribution in [0.15, 0.2) is 16.7 Å². The van der Waals surface area contributed by atoms with Gasteiger partial charge in [-0.2, -0.15) is 0 Å². The van der Waals surface area contributed by atoms with Gasteiger partial charge in [0.2, 0.25) is 0 Å². The Bertz CT molecular complexity index is 357. The fourth-order valence-electron chi connectivity index (χ4n) is 1.01. The third-order valence-corrected chi connectivity index (χ3v) is 2.12. The number of ether oxygens (including phenoxy) is 1. The van der Waals surface area contributed by atoms with E-state index in [1.165, 1.54) is 6.07 Å². The molecule has 0 aromatic carbocycles. The molecule has 0 atom stereocenters. The zero-order valence-corrected chi connectivity index (χ0v) is 9.74. The Kier molecular flexibility index (Phi) is 4.51. The first-order chi connectivity index (χ1) is 7.15. The van der Waals surface area contributed by atoms with Crippen LogP contribution < -0.4 is 5.32 Å². The maximum atomic E-state index is 10.9. The van der Waals surface area contributed by atoms with E-state index in [1.807, 2.05) is 0 Å². The number of nitrogens with one attached hydrogen (secondary N) is 1. The van der Waals surface area contributed by atoms with E-state index >= 15 is 0 Å². The number of carboxylic acid groups (broad SMARTS) is 1. The molecule has 0 radical (unpaired) electrons. The second-order valence-corrected chi connectivity index (χ2v) is 3.69. The van der Waals surface area contributed by atoms with Crippen molar-refractivity contribution in [1.82, 2.24) is 4.98 Å². The Balaban J connectivity index is 2.81. The van der Waals surface area contributed by atoms with Crippen molar-refractivity contribution >= 4 is 27.7 Å². The predicted molar refractivity (Wildman–Crippen MR) is 59.3 cm³/mol. The number of methoxy groups -OCH3 is 1. The van der Waals surface area contributed by atoms with Crippen LogP contribution in [0, 0.1) is 0 Å². The Morgan fingerprint density at radius 1 is 1.73 bits per heavy atom. The molecule has 1 aromatic rings. The summed E-state index contributed by atoms with van der Waals surface area (Å²) in [5, 5.41) is 11.8. The lowest BCUT2D eigenvalue weighted by Crippen LogP contribution is -2.12. The van der Waals surface area contributed by atoms with Gasteiger partial charge in [0.1, 0.15) is 11.4 Å². The third kappa shape index (κ3) is 3.49. The largest absolute Gasteiger partial charge is 0.478 e. The molecule has 15 heavy (non-hydrogen) atoms. The normalized spacial score (nSPS) is 10.0. The molecule has 6 heteroatoms. The number of aromatic carboxylic acids is 1. The fourth-order valence-corrected chi connectivity index (χ4v) is 1.35. The van der Waals surface area contributed by atoms with Gasteiger partial charge < -0.3 is 15.2 Å². The van der Waals surface area contributed by atoms with E-state index in [4.69, 9.17) is 9.84 Å². The summed E-state index contributed by atoms with van der Waals surface area (Å²) < 4.78 is 5.48. The number of nitrogens with zero attached hydrogens (tertiary/aromatic N) is 1. The van der Waals surface area contributed by atoms with Crippen LogP contribution >= 0.6 is 15.9 Å². The Morgan fingerprint density at radius 2 is 2.47 bits per heavy atom. The molecule has 82 valence electrons. The number of halogens is 1. The number of carbonyl (C=O) groups is 1. The van der Waals surface area contributed by atoms with Crippen molar-refractivity contribution in [2.24, 2.45) is 0 Å². The molecule has 0 fully saturated rings. The van der Waals surface area contributed by atoms with E-state index in [0.717, 1.165) is 0 Å². The molecule has 0 unspecified atom stereocenters. The molecular weight excluding hydrogens is 264 g/mol. The molecule has 0 saturated heterocycles. The van der Waals surface area contributed by atoms with Crippen molar-refractivity contribution in [3.05, 3.63) is 22.3 Å². The molecule has 0 aliphatic rings. The van der Waals surface area contributed by atoms with Crippen LogP contribution in [-0.4, -0.2) is 36.3 Å². The van der Waals surface area contributed by atoms with E-state index in [9.17, 15) is 4.79 Å². The molecule has 0 aliphatic carbocycles. The number of hydrogen-bond acceptors (Lipinski definition) is 4. The van der Waals surface area contributed by atoms with Crippen LogP contribution in [-0.2, 0) is 4.74 Å². The van der Waals surface area contributed by atoms with E-state index in [1.54, 1.807) is 13.3 Å². The molecule has 2 N–H and O–H groups in total. The van der Waals surface area contributed by atoms with Gasteiger partial charge >= 0.3 is 5.97 Å². The lowest BCUT2D eigenvalue weighted by Gasteiger charge is -2.07. The molecule has 0 bridgehead atoms. The van der Waals surface area contributed by atoms with Gasteiger partial charge in [0.25, 0.3) is 0 Å². The SMILES string of the molecule is COCCNc1ncc(Br)cc1C(=O)O. The summed E-state index contributed by atoms with van der Waals surface area (Å²) in [6, 6.07) is 1.50. The Labute approximate surface area is 95.6 Å². The van der Waals surface area contributed by atoms with Crippen molar-refractivity contribution in [3.8, 4) is 0 Å². The van der Waals surface area contributed by atoms with Gasteiger partial charge in [-0.15, -0.1) is 0 Å². The molecule has 0 aliphatic heterocycles. The molecule has 0 spiro atoms. The summed E-state index contributed by atoms with van der Waals surface area (Å²) in [4.78, 5) is 14.9. The van der Waals surface area contributed by atoms with Gasteiger partial charge in [-0.3, -0.25) is 0 Å². The predicted octanol–water partition coefficient (Wildman–Crippen LogP) is 1.60. The zero-order chi connectivity index (χ0) is 11.3. The molecule has 0 amide bonds. The van der Waals surface area contributed by atoms with Gasteiger partial charge in [-0.05, 0) is 22.0 Å². The summed E-state index contributed by atoms with van der Waals surface area (Å²) in [6.45, 7) is 1.02. The highest BCUT2D eigenvalue weighted by Gasteiger charge is 2.11. The monoisotopic (exact) mass is 274 g/mol. The summed E-state index contributed by atoms with van der Waals surface area (Å²) in [5.41, 5.74) is 0.139. The van der Waals surface area contributed by atoms with Crippen molar-refractivity contribution in [3.63, 3.8) is 0 Å². The van der Waals surface area contributed by atoms with Crippen LogP contribution in [0.3, 0.4) is 0 Å². The van der Waals surface area contributed by atoms with Crippen LogP contribution in [0.4, 0.5) is 5.82 Å². The maximum absolute atomic E-state index is 10.9. The van der Waals surface area contributed by atoms with Gasteiger partial charge in [0, 0.05) is 24.3 Å². The number of anilines is 1. The molecule has 1 aromatic heterocycles. The molecule has 0 saturated carbocycles. The second-order valence-electron chi connectivity index (χ2n) is 2.77. The Hall–Kier alpha value is -1.14. The third-order valence-electron chi connectivity index (χ3n) is 1.68. The summed E-state index contributed by atoms with van der Waals surface area (Å²) >= 11 is 3.17. The minimum atomic E-state index is -1.01. The van der Waals surface area contributed by atoms with Crippen molar-refractivity contribution < 1.29 is 14.6 Å². The minimum absolute atomic E-state index is 0.139. The van der Waals surface area contributed by atoms with Gasteiger partial charge in [-0.25, -0.2) is 9.78 Å². The number of hydrogen-bond donors (Lipinski definition) is 2. The lowest BCUT2D eigenvalue weighted by molar-refractivity contribution is 0.0697. The first-order valence-corrected chi connectivity index (χ1v) is 5.06. The number of aromatic nitrogens is 1. The number of carboxylic acids is 1. The quantitative estimate of drug-likeness (QED) is 0.799. The topological polar surface area (TPSA) is 71.5 Å². The highest BCUT2D eigenvalue weighted by molar-refractivity contribution is 9.10. The number of pyridine rings is 1. The standard InChI is InChI=1S/C9H11BrN2O3/c1-15-3-2-11-8-7(9(13)14)4-6(10)5-12-8/h4-5H,2-3H2,1H3,(H,11,12)(H,13,14). The average molecular weight is 275 g/mol. The average Bonchev–Trinajstić information content (AvgIpc) is 2.20. The van der Waals surface area contributed by atoms with E-state index < -0.39 is 5.97 Å². The lowest BCUT2D eigenvalue weighted by atomic mass is 10.2. The highest BCUT2D eigenvalue weighted by atomic mass is 79.9. The first-order valence-electron chi connectivity index (χ1n) is 4.27. The smallest absolute Gasteiger partial charge is 0.339 e. The first kappa shape index (κ1) is 11.9. The summed E-state index contributed by atoms with van der Waals surface area (Å²) in [5.74, 6) is -0.661. The van der Waals surface area contributed by atoms with Crippen LogP contribution in [0.2, 0.25) is 0 Å². The highest BCUT2D eigenvalue weighted by Crippen LogP contribution is 2.17. The van der Waals surface area contributed by atoms with Gasteiger partial charge in [0.15, 0.2) is 0 Å². The summed E-state index contributed by atoms with van der Waals surface area (Å²) in [7, 11) is 1.58. The minimum Gasteiger partial charge on any atom is -0.478 e. The second kappa shape index (κ2) is 5.67. The van der Waals surface area contributed by atoms with Crippen LogP contribution in [0.5, 0.6) is 0 Å². The zero-order valence-electron chi connectivity index (χ0n) is 8.16. The van der Waals surface area contributed by atoms with E-state index in [2.05, 4.69) is 26.2 Å². The van der Waals surface area contributed by atoms with Crippen molar-refractivity contribution in [1.29, 1.82) is 0 Å².